The Morgan fingerprint density at radius 3 is 2.60 bits per heavy atom. The van der Waals surface area contributed by atoms with Gasteiger partial charge in [0.2, 0.25) is 0 Å². The fraction of sp³-hybridized carbons (Fsp3) is 0.182. The van der Waals surface area contributed by atoms with Crippen LogP contribution < -0.4 is 9.47 Å². The quantitative estimate of drug-likeness (QED) is 0.587. The highest BCUT2D eigenvalue weighted by molar-refractivity contribution is 8.18. The van der Waals surface area contributed by atoms with E-state index in [1.807, 2.05) is 6.07 Å². The average molecular weight is 446 g/mol. The largest absolute Gasteiger partial charge is 0.506 e. The van der Waals surface area contributed by atoms with Gasteiger partial charge in [0, 0.05) is 5.02 Å². The summed E-state index contributed by atoms with van der Waals surface area (Å²) in [6.07, 6.45) is 1.74. The van der Waals surface area contributed by atoms with E-state index in [1.165, 1.54) is 11.8 Å². The van der Waals surface area contributed by atoms with E-state index < -0.39 is 5.97 Å². The van der Waals surface area contributed by atoms with Crippen molar-refractivity contribution >= 4 is 46.1 Å². The monoisotopic (exact) mass is 445 g/mol. The van der Waals surface area contributed by atoms with Crippen molar-refractivity contribution in [3.63, 3.8) is 0 Å². The molecule has 1 aliphatic heterocycles. The first-order chi connectivity index (χ1) is 14.5. The number of methoxy groups -OCH3 is 2. The minimum atomic E-state index is -0.640. The number of carbonyl (C=O) groups is 1. The first kappa shape index (κ1) is 21.8. The first-order valence-corrected chi connectivity index (χ1v) is 10.2. The predicted molar refractivity (Wildman–Crippen MR) is 120 cm³/mol. The Labute approximate surface area is 183 Å². The Kier molecular flexibility index (Phi) is 7.07. The summed E-state index contributed by atoms with van der Waals surface area (Å²) in [6.45, 7) is 1.88. The SMILES string of the molecule is CCOC(=O)C1=C(O)/C(=C\c2ccc(OC)c(OC)c2)SC1=Nc1cccc(Cl)c1. The van der Waals surface area contributed by atoms with Gasteiger partial charge in [0.25, 0.3) is 0 Å². The Bertz CT molecular complexity index is 1060. The van der Waals surface area contributed by atoms with E-state index in [9.17, 15) is 9.90 Å². The number of ether oxygens (including phenoxy) is 3. The molecule has 0 unspecified atom stereocenters. The van der Waals surface area contributed by atoms with E-state index in [0.717, 1.165) is 5.56 Å². The molecule has 0 saturated heterocycles. The summed E-state index contributed by atoms with van der Waals surface area (Å²) >= 11 is 7.21. The maximum Gasteiger partial charge on any atom is 0.344 e. The third-order valence-electron chi connectivity index (χ3n) is 4.11. The van der Waals surface area contributed by atoms with Gasteiger partial charge in [0.1, 0.15) is 16.4 Å². The predicted octanol–water partition coefficient (Wildman–Crippen LogP) is 5.55. The lowest BCUT2D eigenvalue weighted by molar-refractivity contribution is -0.138. The fourth-order valence-electron chi connectivity index (χ4n) is 2.75. The van der Waals surface area contributed by atoms with Crippen LogP contribution in [0.2, 0.25) is 5.02 Å². The first-order valence-electron chi connectivity index (χ1n) is 9.03. The molecule has 1 aliphatic rings. The molecule has 2 aromatic rings. The number of aliphatic hydroxyl groups excluding tert-OH is 1. The third-order valence-corrected chi connectivity index (χ3v) is 5.37. The third kappa shape index (κ3) is 4.80. The molecule has 3 rings (SSSR count). The number of carbonyl (C=O) groups excluding carboxylic acids is 1. The molecule has 0 aromatic heterocycles. The van der Waals surface area contributed by atoms with Gasteiger partial charge in [-0.25, -0.2) is 9.79 Å². The van der Waals surface area contributed by atoms with Crippen molar-refractivity contribution < 1.29 is 24.1 Å². The second-order valence-electron chi connectivity index (χ2n) is 6.07. The number of aliphatic hydroxyl groups is 1. The van der Waals surface area contributed by atoms with E-state index in [2.05, 4.69) is 4.99 Å². The number of hydrogen-bond donors (Lipinski definition) is 1. The maximum absolute atomic E-state index is 12.5. The topological polar surface area (TPSA) is 77.4 Å². The zero-order valence-electron chi connectivity index (χ0n) is 16.6. The molecule has 30 heavy (non-hydrogen) atoms. The lowest BCUT2D eigenvalue weighted by Crippen LogP contribution is -2.12. The van der Waals surface area contributed by atoms with Gasteiger partial charge in [-0.15, -0.1) is 0 Å². The molecule has 0 aliphatic carbocycles. The molecule has 1 heterocycles. The molecule has 156 valence electrons. The fourth-order valence-corrected chi connectivity index (χ4v) is 3.97. The number of esters is 1. The molecule has 2 aromatic carbocycles. The molecule has 0 saturated carbocycles. The van der Waals surface area contributed by atoms with Crippen molar-refractivity contribution in [2.75, 3.05) is 20.8 Å². The van der Waals surface area contributed by atoms with Crippen LogP contribution in [0.1, 0.15) is 12.5 Å². The molecule has 1 N–H and O–H groups in total. The van der Waals surface area contributed by atoms with Crippen molar-refractivity contribution in [3.8, 4) is 11.5 Å². The van der Waals surface area contributed by atoms with Crippen molar-refractivity contribution in [2.45, 2.75) is 6.92 Å². The van der Waals surface area contributed by atoms with Gasteiger partial charge < -0.3 is 19.3 Å². The van der Waals surface area contributed by atoms with Crippen molar-refractivity contribution in [1.29, 1.82) is 0 Å². The standard InChI is InChI=1S/C22H20ClNO5S/c1-4-29-22(26)19-20(25)18(11-13-8-9-16(27-2)17(10-13)28-3)30-21(19)24-15-7-5-6-14(23)12-15/h5-12,25H,4H2,1-3H3/b18-11+,24-21?. The Morgan fingerprint density at radius 2 is 1.93 bits per heavy atom. The van der Waals surface area contributed by atoms with Crippen LogP contribution in [0.3, 0.4) is 0 Å². The smallest absolute Gasteiger partial charge is 0.344 e. The molecular weight excluding hydrogens is 426 g/mol. The van der Waals surface area contributed by atoms with Gasteiger partial charge >= 0.3 is 5.97 Å². The Balaban J connectivity index is 2.04. The van der Waals surface area contributed by atoms with E-state index in [1.54, 1.807) is 63.6 Å². The van der Waals surface area contributed by atoms with Gasteiger partial charge in [-0.3, -0.25) is 0 Å². The van der Waals surface area contributed by atoms with E-state index in [4.69, 9.17) is 25.8 Å². The van der Waals surface area contributed by atoms with Crippen LogP contribution in [0.25, 0.3) is 6.08 Å². The van der Waals surface area contributed by atoms with E-state index >= 15 is 0 Å². The van der Waals surface area contributed by atoms with Crippen molar-refractivity contribution in [2.24, 2.45) is 4.99 Å². The molecule has 0 radical (unpaired) electrons. The second kappa shape index (κ2) is 9.73. The van der Waals surface area contributed by atoms with Gasteiger partial charge in [-0.2, -0.15) is 0 Å². The summed E-state index contributed by atoms with van der Waals surface area (Å²) in [5, 5.41) is 11.6. The highest BCUT2D eigenvalue weighted by atomic mass is 35.5. The summed E-state index contributed by atoms with van der Waals surface area (Å²) in [7, 11) is 3.10. The molecule has 6 nitrogen and oxygen atoms in total. The molecule has 0 fully saturated rings. The van der Waals surface area contributed by atoms with Gasteiger partial charge in [-0.05, 0) is 48.9 Å². The van der Waals surface area contributed by atoms with Crippen LogP contribution in [-0.4, -0.2) is 36.9 Å². The minimum absolute atomic E-state index is 0.0218. The normalized spacial score (nSPS) is 16.3. The Morgan fingerprint density at radius 1 is 1.17 bits per heavy atom. The Hall–Kier alpha value is -2.90. The van der Waals surface area contributed by atoms with Crippen LogP contribution in [0, 0.1) is 0 Å². The number of hydrogen-bond acceptors (Lipinski definition) is 7. The highest BCUT2D eigenvalue weighted by Gasteiger charge is 2.33. The molecule has 0 amide bonds. The van der Waals surface area contributed by atoms with Crippen LogP contribution in [0.4, 0.5) is 5.69 Å². The van der Waals surface area contributed by atoms with Crippen LogP contribution in [-0.2, 0) is 9.53 Å². The lowest BCUT2D eigenvalue weighted by Gasteiger charge is -2.08. The molecule has 8 heteroatoms. The van der Waals surface area contributed by atoms with Crippen LogP contribution in [0.5, 0.6) is 11.5 Å². The summed E-state index contributed by atoms with van der Waals surface area (Å²) in [6, 6.07) is 12.3. The highest BCUT2D eigenvalue weighted by Crippen LogP contribution is 2.41. The lowest BCUT2D eigenvalue weighted by atomic mass is 10.1. The van der Waals surface area contributed by atoms with E-state index in [-0.39, 0.29) is 17.9 Å². The second-order valence-corrected chi connectivity index (χ2v) is 7.53. The summed E-state index contributed by atoms with van der Waals surface area (Å²) in [5.74, 6) is 0.318. The van der Waals surface area contributed by atoms with Gasteiger partial charge in [0.05, 0.1) is 31.4 Å². The summed E-state index contributed by atoms with van der Waals surface area (Å²) < 4.78 is 15.7. The van der Waals surface area contributed by atoms with E-state index in [0.29, 0.717) is 32.2 Å². The summed E-state index contributed by atoms with van der Waals surface area (Å²) in [5.41, 5.74) is 1.34. The number of rotatable bonds is 6. The molecule has 0 spiro atoms. The number of thioether (sulfide) groups is 1. The number of halogens is 1. The molecular formula is C22H20ClNO5S. The van der Waals surface area contributed by atoms with Gasteiger partial charge in [-0.1, -0.05) is 35.5 Å². The van der Waals surface area contributed by atoms with Gasteiger partial charge in [0.15, 0.2) is 11.5 Å². The van der Waals surface area contributed by atoms with Crippen LogP contribution >= 0.6 is 23.4 Å². The average Bonchev–Trinajstić information content (AvgIpc) is 3.02. The van der Waals surface area contributed by atoms with Crippen molar-refractivity contribution in [3.05, 3.63) is 69.3 Å². The molecule has 0 atom stereocenters. The van der Waals surface area contributed by atoms with Crippen LogP contribution in [0.15, 0.2) is 63.7 Å². The number of benzene rings is 2. The zero-order chi connectivity index (χ0) is 21.7. The maximum atomic E-state index is 12.5. The number of nitrogens with zero attached hydrogens (tertiary/aromatic N) is 1. The zero-order valence-corrected chi connectivity index (χ0v) is 18.2. The summed E-state index contributed by atoms with van der Waals surface area (Å²) in [4.78, 5) is 17.4. The minimum Gasteiger partial charge on any atom is -0.506 e. The van der Waals surface area contributed by atoms with Crippen molar-refractivity contribution in [1.82, 2.24) is 0 Å². The number of aliphatic imine (C=N–C) groups is 1. The molecule has 0 bridgehead atoms.